The van der Waals surface area contributed by atoms with Crippen LogP contribution in [-0.2, 0) is 14.8 Å². The molecule has 1 aromatic carbocycles. The zero-order valence-electron chi connectivity index (χ0n) is 13.6. The third-order valence-corrected chi connectivity index (χ3v) is 5.49. The summed E-state index contributed by atoms with van der Waals surface area (Å²) in [5.74, 6) is 0. The molecule has 1 rings (SSSR count). The second kappa shape index (κ2) is 7.77. The lowest BCUT2D eigenvalue weighted by Gasteiger charge is -2.20. The van der Waals surface area contributed by atoms with E-state index >= 15 is 0 Å². The summed E-state index contributed by atoms with van der Waals surface area (Å²) in [5, 5.41) is 3.21. The van der Waals surface area contributed by atoms with Crippen LogP contribution in [0.3, 0.4) is 0 Å². The van der Waals surface area contributed by atoms with Gasteiger partial charge < -0.3 is 10.1 Å². The van der Waals surface area contributed by atoms with Gasteiger partial charge in [-0.25, -0.2) is 12.7 Å². The molecule has 21 heavy (non-hydrogen) atoms. The Morgan fingerprint density at radius 2 is 1.81 bits per heavy atom. The first-order valence-corrected chi connectivity index (χ1v) is 8.59. The topological polar surface area (TPSA) is 58.6 Å². The van der Waals surface area contributed by atoms with Gasteiger partial charge in [-0.05, 0) is 50.5 Å². The van der Waals surface area contributed by atoms with E-state index in [-0.39, 0.29) is 0 Å². The Balaban J connectivity index is 3.08. The maximum absolute atomic E-state index is 12.7. The molecule has 0 aliphatic rings. The predicted octanol–water partition coefficient (Wildman–Crippen LogP) is 2.39. The molecule has 0 aliphatic carbocycles. The van der Waals surface area contributed by atoms with Gasteiger partial charge in [-0.2, -0.15) is 0 Å². The Kier molecular flexibility index (Phi) is 6.64. The van der Waals surface area contributed by atoms with Crippen LogP contribution in [0.1, 0.15) is 24.5 Å². The Bertz CT molecular complexity index is 547. The molecule has 5 nitrogen and oxygen atoms in total. The summed E-state index contributed by atoms with van der Waals surface area (Å²) in [4.78, 5) is 0.407. The summed E-state index contributed by atoms with van der Waals surface area (Å²) < 4.78 is 31.8. The lowest BCUT2D eigenvalue weighted by molar-refractivity contribution is 0.189. The molecule has 0 unspecified atom stereocenters. The third kappa shape index (κ3) is 4.43. The van der Waals surface area contributed by atoms with E-state index in [1.165, 1.54) is 4.31 Å². The minimum Gasteiger partial charge on any atom is -0.385 e. The monoisotopic (exact) mass is 314 g/mol. The van der Waals surface area contributed by atoms with Gasteiger partial charge in [0.25, 0.3) is 0 Å². The molecule has 0 radical (unpaired) electrons. The van der Waals surface area contributed by atoms with Gasteiger partial charge in [-0.15, -0.1) is 0 Å². The Hall–Kier alpha value is -1.11. The van der Waals surface area contributed by atoms with Crippen LogP contribution < -0.4 is 5.32 Å². The largest absolute Gasteiger partial charge is 0.385 e. The summed E-state index contributed by atoms with van der Waals surface area (Å²) in [6.07, 6.45) is 0.680. The van der Waals surface area contributed by atoms with Gasteiger partial charge in [0.05, 0.1) is 4.90 Å². The minimum absolute atomic E-state index is 0.407. The molecule has 0 heterocycles. The van der Waals surface area contributed by atoms with Crippen LogP contribution in [0.4, 0.5) is 5.69 Å². The molecule has 0 spiro atoms. The van der Waals surface area contributed by atoms with Crippen LogP contribution in [0.5, 0.6) is 0 Å². The first kappa shape index (κ1) is 17.9. The Morgan fingerprint density at radius 3 is 2.29 bits per heavy atom. The number of hydrogen-bond donors (Lipinski definition) is 1. The highest BCUT2D eigenvalue weighted by molar-refractivity contribution is 7.89. The second-order valence-corrected chi connectivity index (χ2v) is 7.12. The van der Waals surface area contributed by atoms with Crippen molar-refractivity contribution in [3.8, 4) is 0 Å². The molecule has 0 amide bonds. The highest BCUT2D eigenvalue weighted by atomic mass is 32.2. The van der Waals surface area contributed by atoms with E-state index in [1.807, 2.05) is 32.9 Å². The van der Waals surface area contributed by atoms with E-state index in [9.17, 15) is 8.42 Å². The molecule has 120 valence electrons. The van der Waals surface area contributed by atoms with Crippen molar-refractivity contribution in [2.24, 2.45) is 0 Å². The van der Waals surface area contributed by atoms with Crippen molar-refractivity contribution < 1.29 is 13.2 Å². The Morgan fingerprint density at radius 1 is 1.24 bits per heavy atom. The Labute approximate surface area is 128 Å². The van der Waals surface area contributed by atoms with E-state index in [4.69, 9.17) is 4.74 Å². The van der Waals surface area contributed by atoms with Gasteiger partial charge in [0.2, 0.25) is 10.0 Å². The summed E-state index contributed by atoms with van der Waals surface area (Å²) in [6, 6.07) is 3.76. The van der Waals surface area contributed by atoms with Crippen molar-refractivity contribution in [2.75, 3.05) is 39.2 Å². The molecule has 0 saturated carbocycles. The third-order valence-electron chi connectivity index (χ3n) is 3.33. The summed E-state index contributed by atoms with van der Waals surface area (Å²) in [7, 11) is -0.236. The van der Waals surface area contributed by atoms with Crippen molar-refractivity contribution in [3.63, 3.8) is 0 Å². The number of hydrogen-bond acceptors (Lipinski definition) is 4. The molecule has 1 aromatic rings. The van der Waals surface area contributed by atoms with Crippen molar-refractivity contribution >= 4 is 15.7 Å². The smallest absolute Gasteiger partial charge is 0.243 e. The lowest BCUT2D eigenvalue weighted by Crippen LogP contribution is -2.29. The van der Waals surface area contributed by atoms with Crippen LogP contribution in [0.25, 0.3) is 0 Å². The number of rotatable bonds is 8. The fourth-order valence-electron chi connectivity index (χ4n) is 2.37. The van der Waals surface area contributed by atoms with Crippen LogP contribution in [0, 0.1) is 13.8 Å². The number of sulfonamides is 1. The van der Waals surface area contributed by atoms with Crippen LogP contribution in [-0.4, -0.2) is 46.6 Å². The molecule has 0 aliphatic heterocycles. The van der Waals surface area contributed by atoms with Gasteiger partial charge in [0.15, 0.2) is 0 Å². The summed E-state index contributed by atoms with van der Waals surface area (Å²) in [6.45, 7) is 7.50. The molecular formula is C15H26N2O3S. The first-order valence-electron chi connectivity index (χ1n) is 7.15. The minimum atomic E-state index is -3.46. The number of benzene rings is 1. The summed E-state index contributed by atoms with van der Waals surface area (Å²) >= 11 is 0. The molecule has 0 bridgehead atoms. The summed E-state index contributed by atoms with van der Waals surface area (Å²) in [5.41, 5.74) is 2.49. The molecule has 1 N–H and O–H groups in total. The molecule has 0 atom stereocenters. The van der Waals surface area contributed by atoms with E-state index in [0.29, 0.717) is 24.5 Å². The number of anilines is 1. The number of nitrogens with zero attached hydrogens (tertiary/aromatic N) is 1. The van der Waals surface area contributed by atoms with E-state index in [2.05, 4.69) is 5.32 Å². The number of ether oxygens (including phenoxy) is 1. The molecule has 0 fully saturated rings. The zero-order valence-corrected chi connectivity index (χ0v) is 14.4. The molecule has 0 saturated heterocycles. The SMILES string of the molecule is CCNc1cc(C)c(S(=O)(=O)N(C)CCCOC)c(C)c1. The van der Waals surface area contributed by atoms with Crippen molar-refractivity contribution in [3.05, 3.63) is 23.3 Å². The van der Waals surface area contributed by atoms with Gasteiger partial charge in [0.1, 0.15) is 0 Å². The maximum Gasteiger partial charge on any atom is 0.243 e. The predicted molar refractivity (Wildman–Crippen MR) is 86.4 cm³/mol. The van der Waals surface area contributed by atoms with Crippen LogP contribution >= 0.6 is 0 Å². The molecule has 0 aromatic heterocycles. The van der Waals surface area contributed by atoms with Gasteiger partial charge in [-0.3, -0.25) is 0 Å². The normalized spacial score (nSPS) is 11.9. The van der Waals surface area contributed by atoms with E-state index in [1.54, 1.807) is 14.2 Å². The second-order valence-electron chi connectivity index (χ2n) is 5.14. The average molecular weight is 314 g/mol. The van der Waals surface area contributed by atoms with Gasteiger partial charge in [-0.1, -0.05) is 0 Å². The van der Waals surface area contributed by atoms with Crippen LogP contribution in [0.2, 0.25) is 0 Å². The van der Waals surface area contributed by atoms with Crippen LogP contribution in [0.15, 0.2) is 17.0 Å². The fourth-order valence-corrected chi connectivity index (χ4v) is 3.98. The number of methoxy groups -OCH3 is 1. The van der Waals surface area contributed by atoms with Crippen molar-refractivity contribution in [2.45, 2.75) is 32.1 Å². The molecular weight excluding hydrogens is 288 g/mol. The average Bonchev–Trinajstić information content (AvgIpc) is 2.38. The van der Waals surface area contributed by atoms with E-state index in [0.717, 1.165) is 23.4 Å². The number of aryl methyl sites for hydroxylation is 2. The quantitative estimate of drug-likeness (QED) is 0.749. The van der Waals surface area contributed by atoms with Crippen molar-refractivity contribution in [1.82, 2.24) is 4.31 Å². The van der Waals surface area contributed by atoms with Crippen molar-refractivity contribution in [1.29, 1.82) is 0 Å². The molecule has 6 heteroatoms. The van der Waals surface area contributed by atoms with Gasteiger partial charge in [0, 0.05) is 39.5 Å². The van der Waals surface area contributed by atoms with Gasteiger partial charge >= 0.3 is 0 Å². The lowest BCUT2D eigenvalue weighted by atomic mass is 10.1. The van der Waals surface area contributed by atoms with E-state index < -0.39 is 10.0 Å². The maximum atomic E-state index is 12.7. The highest BCUT2D eigenvalue weighted by Gasteiger charge is 2.24. The number of nitrogens with one attached hydrogen (secondary N) is 1. The highest BCUT2D eigenvalue weighted by Crippen LogP contribution is 2.26. The fraction of sp³-hybridized carbons (Fsp3) is 0.600. The zero-order chi connectivity index (χ0) is 16.0. The first-order chi connectivity index (χ1) is 9.84. The standard InChI is InChI=1S/C15H26N2O3S/c1-6-16-14-10-12(2)15(13(3)11-14)21(18,19)17(4)8-7-9-20-5/h10-11,16H,6-9H2,1-5H3.